The van der Waals surface area contributed by atoms with Gasteiger partial charge in [-0.05, 0) is 40.2 Å². The zero-order valence-corrected chi connectivity index (χ0v) is 11.2. The van der Waals surface area contributed by atoms with Crippen LogP contribution in [0.15, 0.2) is 34.2 Å². The second-order valence-corrected chi connectivity index (χ2v) is 5.87. The highest BCUT2D eigenvalue weighted by atomic mass is 79.9. The summed E-state index contributed by atoms with van der Waals surface area (Å²) in [6.07, 6.45) is 1.56. The summed E-state index contributed by atoms with van der Waals surface area (Å²) < 4.78 is 1.04. The smallest absolute Gasteiger partial charge is 0.255 e. The summed E-state index contributed by atoms with van der Waals surface area (Å²) in [7, 11) is 0. The van der Waals surface area contributed by atoms with Gasteiger partial charge < -0.3 is 11.1 Å². The van der Waals surface area contributed by atoms with Crippen LogP contribution in [0, 0.1) is 0 Å². The van der Waals surface area contributed by atoms with Crippen LogP contribution in [0.5, 0.6) is 0 Å². The third kappa shape index (κ3) is 3.04. The average molecular weight is 312 g/mol. The predicted molar refractivity (Wildman–Crippen MR) is 71.8 cm³/mol. The monoisotopic (exact) mass is 311 g/mol. The standard InChI is InChI=1S/C11H10BrN3OS/c12-9-4-3-7(17-9)6-15-11(16)8-2-1-5-14-10(8)13/h1-5H,6H2,(H2,13,14)(H,15,16). The largest absolute Gasteiger partial charge is 0.383 e. The van der Waals surface area contributed by atoms with Crippen LogP contribution in [0.3, 0.4) is 0 Å². The Morgan fingerprint density at radius 2 is 2.29 bits per heavy atom. The number of nitrogens with two attached hydrogens (primary N) is 1. The van der Waals surface area contributed by atoms with E-state index in [1.807, 2.05) is 12.1 Å². The normalized spacial score (nSPS) is 10.2. The molecule has 0 aliphatic carbocycles. The molecule has 4 nitrogen and oxygen atoms in total. The predicted octanol–water partition coefficient (Wildman–Crippen LogP) is 2.42. The minimum atomic E-state index is -0.208. The molecule has 2 heterocycles. The maximum Gasteiger partial charge on any atom is 0.255 e. The lowest BCUT2D eigenvalue weighted by atomic mass is 10.2. The van der Waals surface area contributed by atoms with Crippen molar-refractivity contribution in [3.05, 3.63) is 44.7 Å². The van der Waals surface area contributed by atoms with Crippen molar-refractivity contribution in [2.75, 3.05) is 5.73 Å². The lowest BCUT2D eigenvalue weighted by Crippen LogP contribution is -2.23. The SMILES string of the molecule is Nc1ncccc1C(=O)NCc1ccc(Br)s1. The zero-order chi connectivity index (χ0) is 12.3. The summed E-state index contributed by atoms with van der Waals surface area (Å²) in [5.41, 5.74) is 6.02. The molecule has 0 saturated heterocycles. The van der Waals surface area contributed by atoms with Crippen LogP contribution in [-0.2, 0) is 6.54 Å². The molecule has 2 aromatic rings. The number of nitrogens with zero attached hydrogens (tertiary/aromatic N) is 1. The highest BCUT2D eigenvalue weighted by Crippen LogP contribution is 2.21. The van der Waals surface area contributed by atoms with E-state index in [1.165, 1.54) is 0 Å². The van der Waals surface area contributed by atoms with E-state index in [0.29, 0.717) is 12.1 Å². The maximum atomic E-state index is 11.8. The number of nitrogen functional groups attached to an aromatic ring is 1. The van der Waals surface area contributed by atoms with Crippen LogP contribution >= 0.6 is 27.3 Å². The van der Waals surface area contributed by atoms with Gasteiger partial charge in [0.05, 0.1) is 15.9 Å². The van der Waals surface area contributed by atoms with Crippen LogP contribution in [0.2, 0.25) is 0 Å². The first kappa shape index (κ1) is 12.1. The van der Waals surface area contributed by atoms with Gasteiger partial charge in [0.1, 0.15) is 5.82 Å². The molecule has 0 aliphatic heterocycles. The van der Waals surface area contributed by atoms with E-state index in [9.17, 15) is 4.79 Å². The van der Waals surface area contributed by atoms with Gasteiger partial charge >= 0.3 is 0 Å². The summed E-state index contributed by atoms with van der Waals surface area (Å²) in [5.74, 6) is 0.0393. The molecule has 2 aromatic heterocycles. The van der Waals surface area contributed by atoms with Gasteiger partial charge in [-0.2, -0.15) is 0 Å². The van der Waals surface area contributed by atoms with Gasteiger partial charge in [0.15, 0.2) is 0 Å². The lowest BCUT2D eigenvalue weighted by Gasteiger charge is -2.05. The number of anilines is 1. The molecule has 0 fully saturated rings. The molecule has 17 heavy (non-hydrogen) atoms. The zero-order valence-electron chi connectivity index (χ0n) is 8.81. The van der Waals surface area contributed by atoms with Crippen LogP contribution in [-0.4, -0.2) is 10.9 Å². The van der Waals surface area contributed by atoms with Crippen LogP contribution in [0.25, 0.3) is 0 Å². The Kier molecular flexibility index (Phi) is 3.75. The molecule has 0 aliphatic rings. The fraction of sp³-hybridized carbons (Fsp3) is 0.0909. The number of amides is 1. The number of carbonyl (C=O) groups excluding carboxylic acids is 1. The van der Waals surface area contributed by atoms with Crippen LogP contribution in [0.4, 0.5) is 5.82 Å². The topological polar surface area (TPSA) is 68.0 Å². The third-order valence-electron chi connectivity index (χ3n) is 2.14. The number of nitrogens with one attached hydrogen (secondary N) is 1. The molecule has 0 spiro atoms. The van der Waals surface area contributed by atoms with Crippen molar-refractivity contribution < 1.29 is 4.79 Å². The van der Waals surface area contributed by atoms with Gasteiger partial charge in [-0.3, -0.25) is 4.79 Å². The Morgan fingerprint density at radius 1 is 1.47 bits per heavy atom. The second kappa shape index (κ2) is 5.29. The number of thiophene rings is 1. The Labute approximate surface area is 111 Å². The van der Waals surface area contributed by atoms with Crippen molar-refractivity contribution in [1.82, 2.24) is 10.3 Å². The summed E-state index contributed by atoms with van der Waals surface area (Å²) >= 11 is 4.96. The van der Waals surface area contributed by atoms with Gasteiger partial charge in [-0.1, -0.05) is 0 Å². The maximum absolute atomic E-state index is 11.8. The molecule has 0 atom stereocenters. The molecule has 3 N–H and O–H groups in total. The van der Waals surface area contributed by atoms with Gasteiger partial charge in [-0.15, -0.1) is 11.3 Å². The van der Waals surface area contributed by atoms with E-state index >= 15 is 0 Å². The van der Waals surface area contributed by atoms with E-state index in [2.05, 4.69) is 26.2 Å². The molecule has 0 bridgehead atoms. The minimum absolute atomic E-state index is 0.208. The van der Waals surface area contributed by atoms with E-state index in [-0.39, 0.29) is 11.7 Å². The van der Waals surface area contributed by atoms with Crippen LogP contribution in [0.1, 0.15) is 15.2 Å². The Hall–Kier alpha value is -1.40. The molecule has 88 valence electrons. The summed E-state index contributed by atoms with van der Waals surface area (Å²) in [4.78, 5) is 16.8. The number of hydrogen-bond acceptors (Lipinski definition) is 4. The fourth-order valence-electron chi connectivity index (χ4n) is 1.32. The fourth-order valence-corrected chi connectivity index (χ4v) is 2.74. The Morgan fingerprint density at radius 3 is 2.94 bits per heavy atom. The van der Waals surface area contributed by atoms with Crippen molar-refractivity contribution in [2.24, 2.45) is 0 Å². The number of pyridine rings is 1. The van der Waals surface area contributed by atoms with Crippen molar-refractivity contribution in [3.63, 3.8) is 0 Å². The number of halogens is 1. The Balaban J connectivity index is 2.01. The molecule has 0 saturated carbocycles. The number of hydrogen-bond donors (Lipinski definition) is 2. The average Bonchev–Trinajstić information content (AvgIpc) is 2.73. The van der Waals surface area contributed by atoms with E-state index in [1.54, 1.807) is 29.7 Å². The lowest BCUT2D eigenvalue weighted by molar-refractivity contribution is 0.0952. The van der Waals surface area contributed by atoms with Gasteiger partial charge in [-0.25, -0.2) is 4.98 Å². The highest BCUT2D eigenvalue weighted by Gasteiger charge is 2.09. The van der Waals surface area contributed by atoms with Crippen molar-refractivity contribution >= 4 is 39.0 Å². The molecule has 0 aromatic carbocycles. The first-order valence-corrected chi connectivity index (χ1v) is 6.50. The molecular weight excluding hydrogens is 302 g/mol. The van der Waals surface area contributed by atoms with Gasteiger partial charge in [0, 0.05) is 11.1 Å². The molecular formula is C11H10BrN3OS. The quantitative estimate of drug-likeness (QED) is 0.914. The van der Waals surface area contributed by atoms with Crippen molar-refractivity contribution in [1.29, 1.82) is 0 Å². The van der Waals surface area contributed by atoms with Gasteiger partial charge in [0.25, 0.3) is 5.91 Å². The third-order valence-corrected chi connectivity index (χ3v) is 3.76. The van der Waals surface area contributed by atoms with E-state index < -0.39 is 0 Å². The minimum Gasteiger partial charge on any atom is -0.383 e. The number of aromatic nitrogens is 1. The first-order valence-electron chi connectivity index (χ1n) is 4.89. The summed E-state index contributed by atoms with van der Waals surface area (Å²) in [6, 6.07) is 7.25. The van der Waals surface area contributed by atoms with Crippen molar-refractivity contribution in [2.45, 2.75) is 6.54 Å². The molecule has 0 radical (unpaired) electrons. The van der Waals surface area contributed by atoms with Crippen molar-refractivity contribution in [3.8, 4) is 0 Å². The van der Waals surface area contributed by atoms with Crippen LogP contribution < -0.4 is 11.1 Å². The van der Waals surface area contributed by atoms with E-state index in [0.717, 1.165) is 8.66 Å². The molecule has 1 amide bonds. The summed E-state index contributed by atoms with van der Waals surface area (Å²) in [5, 5.41) is 2.80. The van der Waals surface area contributed by atoms with Gasteiger partial charge in [0.2, 0.25) is 0 Å². The molecule has 0 unspecified atom stereocenters. The first-order chi connectivity index (χ1) is 8.16. The Bertz CT molecular complexity index is 541. The summed E-state index contributed by atoms with van der Waals surface area (Å²) in [6.45, 7) is 0.490. The molecule has 6 heteroatoms. The van der Waals surface area contributed by atoms with E-state index in [4.69, 9.17) is 5.73 Å². The number of rotatable bonds is 3. The second-order valence-electron chi connectivity index (χ2n) is 3.32. The molecule has 2 rings (SSSR count). The number of carbonyl (C=O) groups is 1. The highest BCUT2D eigenvalue weighted by molar-refractivity contribution is 9.11.